The number of H-pyrrole nitrogens is 1. The molecule has 4 aromatic carbocycles. The van der Waals surface area contributed by atoms with E-state index >= 15 is 0 Å². The van der Waals surface area contributed by atoms with Crippen LogP contribution in [-0.4, -0.2) is 49.3 Å². The molecule has 1 aliphatic rings. The summed E-state index contributed by atoms with van der Waals surface area (Å²) in [6.45, 7) is 1.95. The van der Waals surface area contributed by atoms with E-state index in [1.807, 2.05) is 60.7 Å². The van der Waals surface area contributed by atoms with Crippen molar-refractivity contribution in [3.8, 4) is 5.75 Å². The monoisotopic (exact) mass is 555 g/mol. The average molecular weight is 556 g/mol. The molecule has 9 heteroatoms. The van der Waals surface area contributed by atoms with Gasteiger partial charge in [0.2, 0.25) is 9.84 Å². The smallest absolute Gasteiger partial charge is 0.410 e. The van der Waals surface area contributed by atoms with E-state index in [2.05, 4.69) is 10.2 Å². The molecule has 40 heavy (non-hydrogen) atoms. The Balaban J connectivity index is 1.10. The molecule has 1 aliphatic heterocycles. The van der Waals surface area contributed by atoms with E-state index in [0.717, 1.165) is 23.8 Å². The molecule has 0 atom stereocenters. The lowest BCUT2D eigenvalue weighted by Gasteiger charge is -2.31. The number of rotatable bonds is 7. The SMILES string of the molecule is O=C(OCc1ccccc1)N1CCC(COc2ccc3[nH]nc(S(=O)(=O)c4cccc5ccccc45)c3c2)CC1. The minimum Gasteiger partial charge on any atom is -0.493 e. The van der Waals surface area contributed by atoms with Gasteiger partial charge in [-0.25, -0.2) is 13.2 Å². The van der Waals surface area contributed by atoms with Gasteiger partial charge >= 0.3 is 6.09 Å². The highest BCUT2D eigenvalue weighted by Gasteiger charge is 2.27. The van der Waals surface area contributed by atoms with E-state index in [0.29, 0.717) is 41.7 Å². The normalized spacial score (nSPS) is 14.4. The lowest BCUT2D eigenvalue weighted by atomic mass is 9.98. The first-order valence-corrected chi connectivity index (χ1v) is 14.8. The lowest BCUT2D eigenvalue weighted by molar-refractivity contribution is 0.0761. The Labute approximate surface area is 232 Å². The van der Waals surface area contributed by atoms with Crippen LogP contribution in [0.4, 0.5) is 4.79 Å². The van der Waals surface area contributed by atoms with Crippen molar-refractivity contribution < 1.29 is 22.7 Å². The van der Waals surface area contributed by atoms with Gasteiger partial charge in [0.15, 0.2) is 5.03 Å². The zero-order chi connectivity index (χ0) is 27.5. The number of aromatic amines is 1. The molecule has 1 amide bonds. The molecule has 1 saturated heterocycles. The molecular weight excluding hydrogens is 526 g/mol. The first kappa shape index (κ1) is 25.9. The number of carbonyl (C=O) groups excluding carboxylic acids is 1. The molecule has 6 rings (SSSR count). The van der Waals surface area contributed by atoms with Crippen LogP contribution in [0.25, 0.3) is 21.7 Å². The van der Waals surface area contributed by atoms with Crippen molar-refractivity contribution in [2.75, 3.05) is 19.7 Å². The molecule has 2 heterocycles. The average Bonchev–Trinajstić information content (AvgIpc) is 3.43. The Kier molecular flexibility index (Phi) is 7.13. The number of likely N-dealkylation sites (tertiary alicyclic amines) is 1. The molecule has 8 nitrogen and oxygen atoms in total. The predicted octanol–water partition coefficient (Wildman–Crippen LogP) is 5.98. The highest BCUT2D eigenvalue weighted by atomic mass is 32.2. The van der Waals surface area contributed by atoms with E-state index in [1.54, 1.807) is 35.2 Å². The number of aromatic nitrogens is 2. The standard InChI is InChI=1S/C31H29N3O5S/c35-31(39-21-22-7-2-1-3-8-22)34-17-15-23(16-18-34)20-38-25-13-14-28-27(19-25)30(33-32-28)40(36,37)29-12-6-10-24-9-4-5-11-26(24)29/h1-14,19,23H,15-18,20-21H2,(H,32,33). The number of piperidine rings is 1. The van der Waals surface area contributed by atoms with Gasteiger partial charge < -0.3 is 14.4 Å². The molecular formula is C31H29N3O5S. The Morgan fingerprint density at radius 3 is 2.48 bits per heavy atom. The molecule has 1 aromatic heterocycles. The van der Waals surface area contributed by atoms with Crippen molar-refractivity contribution in [1.29, 1.82) is 0 Å². The number of ether oxygens (including phenoxy) is 2. The molecule has 0 saturated carbocycles. The molecule has 204 valence electrons. The fourth-order valence-electron chi connectivity index (χ4n) is 5.10. The summed E-state index contributed by atoms with van der Waals surface area (Å²) in [6.07, 6.45) is 1.30. The third kappa shape index (κ3) is 5.24. The van der Waals surface area contributed by atoms with E-state index in [4.69, 9.17) is 9.47 Å². The van der Waals surface area contributed by atoms with Crippen LogP contribution in [0.1, 0.15) is 18.4 Å². The van der Waals surface area contributed by atoms with Crippen molar-refractivity contribution in [2.45, 2.75) is 29.4 Å². The van der Waals surface area contributed by atoms with Gasteiger partial charge in [0.05, 0.1) is 17.0 Å². The molecule has 0 aliphatic carbocycles. The molecule has 1 N–H and O–H groups in total. The summed E-state index contributed by atoms with van der Waals surface area (Å²) in [4.78, 5) is 14.4. The van der Waals surface area contributed by atoms with Gasteiger partial charge in [0.25, 0.3) is 0 Å². The van der Waals surface area contributed by atoms with Crippen LogP contribution in [0.3, 0.4) is 0 Å². The molecule has 0 spiro atoms. The van der Waals surface area contributed by atoms with E-state index in [-0.39, 0.29) is 28.5 Å². The van der Waals surface area contributed by atoms with E-state index in [9.17, 15) is 13.2 Å². The van der Waals surface area contributed by atoms with Crippen molar-refractivity contribution in [3.63, 3.8) is 0 Å². The molecule has 0 unspecified atom stereocenters. The second kappa shape index (κ2) is 11.0. The minimum atomic E-state index is -3.89. The summed E-state index contributed by atoms with van der Waals surface area (Å²) in [6, 6.07) is 27.6. The van der Waals surface area contributed by atoms with Crippen molar-refractivity contribution >= 4 is 37.6 Å². The Morgan fingerprint density at radius 1 is 0.900 bits per heavy atom. The molecule has 1 fully saturated rings. The van der Waals surface area contributed by atoms with Gasteiger partial charge in [-0.05, 0) is 54.0 Å². The minimum absolute atomic E-state index is 0.0216. The number of hydrogen-bond donors (Lipinski definition) is 1. The fraction of sp³-hybridized carbons (Fsp3) is 0.226. The number of nitrogens with zero attached hydrogens (tertiary/aromatic N) is 2. The number of benzene rings is 4. The number of sulfone groups is 1. The summed E-state index contributed by atoms with van der Waals surface area (Å²) in [5.74, 6) is 0.852. The number of fused-ring (bicyclic) bond motifs is 2. The van der Waals surface area contributed by atoms with Crippen LogP contribution in [0.2, 0.25) is 0 Å². The quantitative estimate of drug-likeness (QED) is 0.265. The van der Waals surface area contributed by atoms with Crippen LogP contribution < -0.4 is 4.74 Å². The zero-order valence-electron chi connectivity index (χ0n) is 21.8. The van der Waals surface area contributed by atoms with E-state index in [1.165, 1.54) is 0 Å². The Hall–Kier alpha value is -4.37. The van der Waals surface area contributed by atoms with Gasteiger partial charge in [-0.15, -0.1) is 0 Å². The maximum absolute atomic E-state index is 13.7. The highest BCUT2D eigenvalue weighted by molar-refractivity contribution is 7.91. The van der Waals surface area contributed by atoms with Gasteiger partial charge in [-0.3, -0.25) is 5.10 Å². The van der Waals surface area contributed by atoms with Crippen molar-refractivity contribution in [1.82, 2.24) is 15.1 Å². The van der Waals surface area contributed by atoms with Gasteiger partial charge in [-0.1, -0.05) is 66.7 Å². The highest BCUT2D eigenvalue weighted by Crippen LogP contribution is 2.33. The lowest BCUT2D eigenvalue weighted by Crippen LogP contribution is -2.39. The summed E-state index contributed by atoms with van der Waals surface area (Å²) in [7, 11) is -3.89. The molecule has 0 radical (unpaired) electrons. The Morgan fingerprint density at radius 2 is 1.65 bits per heavy atom. The maximum atomic E-state index is 13.7. The predicted molar refractivity (Wildman–Crippen MR) is 152 cm³/mol. The van der Waals surface area contributed by atoms with Crippen LogP contribution in [0.5, 0.6) is 5.75 Å². The second-order valence-electron chi connectivity index (χ2n) is 10.00. The van der Waals surface area contributed by atoms with Gasteiger partial charge in [-0.2, -0.15) is 5.10 Å². The van der Waals surface area contributed by atoms with Crippen molar-refractivity contribution in [3.05, 3.63) is 96.6 Å². The summed E-state index contributed by atoms with van der Waals surface area (Å²) >= 11 is 0. The number of amides is 1. The number of hydrogen-bond acceptors (Lipinski definition) is 6. The maximum Gasteiger partial charge on any atom is 0.410 e. The van der Waals surface area contributed by atoms with Crippen LogP contribution >= 0.6 is 0 Å². The third-order valence-electron chi connectivity index (χ3n) is 7.36. The fourth-order valence-corrected chi connectivity index (χ4v) is 6.67. The van der Waals surface area contributed by atoms with Gasteiger partial charge in [0.1, 0.15) is 12.4 Å². The van der Waals surface area contributed by atoms with Crippen molar-refractivity contribution in [2.24, 2.45) is 5.92 Å². The van der Waals surface area contributed by atoms with Gasteiger partial charge in [0, 0.05) is 23.9 Å². The zero-order valence-corrected chi connectivity index (χ0v) is 22.6. The number of carbonyl (C=O) groups is 1. The summed E-state index contributed by atoms with van der Waals surface area (Å²) in [5.41, 5.74) is 1.58. The van der Waals surface area contributed by atoms with E-state index < -0.39 is 9.84 Å². The first-order valence-electron chi connectivity index (χ1n) is 13.3. The van der Waals surface area contributed by atoms with Crippen LogP contribution in [0, 0.1) is 5.92 Å². The van der Waals surface area contributed by atoms with Crippen LogP contribution in [0.15, 0.2) is 101 Å². The number of nitrogens with one attached hydrogen (secondary N) is 1. The second-order valence-corrected chi connectivity index (χ2v) is 11.8. The molecule has 5 aromatic rings. The van der Waals surface area contributed by atoms with Crippen LogP contribution in [-0.2, 0) is 21.2 Å². The largest absolute Gasteiger partial charge is 0.493 e. The first-order chi connectivity index (χ1) is 19.5. The Bertz CT molecular complexity index is 1750. The third-order valence-corrected chi connectivity index (χ3v) is 9.11. The summed E-state index contributed by atoms with van der Waals surface area (Å²) < 4.78 is 38.9. The summed E-state index contributed by atoms with van der Waals surface area (Å²) in [5, 5.41) is 9.00. The topological polar surface area (TPSA) is 102 Å². The molecule has 0 bridgehead atoms.